The van der Waals surface area contributed by atoms with Crippen LogP contribution < -0.4 is 10.2 Å². The Balaban J connectivity index is 1.21. The highest BCUT2D eigenvalue weighted by Gasteiger charge is 2.28. The van der Waals surface area contributed by atoms with Gasteiger partial charge in [-0.05, 0) is 37.0 Å². The van der Waals surface area contributed by atoms with Crippen LogP contribution in [0.4, 0.5) is 24.7 Å². The summed E-state index contributed by atoms with van der Waals surface area (Å²) < 4.78 is 43.5. The van der Waals surface area contributed by atoms with Gasteiger partial charge in [-0.15, -0.1) is 0 Å². The molecule has 3 aromatic heterocycles. The highest BCUT2D eigenvalue weighted by atomic mass is 35.5. The first kappa shape index (κ1) is 24.4. The van der Waals surface area contributed by atoms with Gasteiger partial charge >= 0.3 is 0 Å². The Hall–Kier alpha value is -3.99. The molecule has 4 heterocycles. The monoisotopic (exact) mass is 539 g/mol. The summed E-state index contributed by atoms with van der Waals surface area (Å²) >= 11 is 5.81. The summed E-state index contributed by atoms with van der Waals surface area (Å²) in [6.45, 7) is 2.07. The molecular weight excluding hydrogens is 519 g/mol. The van der Waals surface area contributed by atoms with Crippen LogP contribution in [0.5, 0.6) is 0 Å². The number of amides is 1. The maximum atomic E-state index is 14.7. The summed E-state index contributed by atoms with van der Waals surface area (Å²) in [5.41, 5.74) is 1.09. The summed E-state index contributed by atoms with van der Waals surface area (Å²) in [4.78, 5) is 28.0. The van der Waals surface area contributed by atoms with E-state index in [1.165, 1.54) is 18.8 Å². The molecule has 1 aliphatic carbocycles. The number of benzene rings is 1. The summed E-state index contributed by atoms with van der Waals surface area (Å²) in [5, 5.41) is 6.78. The quantitative estimate of drug-likeness (QED) is 0.350. The Morgan fingerprint density at radius 2 is 1.95 bits per heavy atom. The van der Waals surface area contributed by atoms with Gasteiger partial charge in [0.05, 0.1) is 41.0 Å². The number of rotatable bonds is 6. The Morgan fingerprint density at radius 1 is 1.11 bits per heavy atom. The lowest BCUT2D eigenvalue weighted by atomic mass is 10.0. The van der Waals surface area contributed by atoms with E-state index in [1.807, 2.05) is 6.07 Å². The molecule has 1 amide bonds. The van der Waals surface area contributed by atoms with Gasteiger partial charge in [-0.1, -0.05) is 23.7 Å². The van der Waals surface area contributed by atoms with Gasteiger partial charge in [0.25, 0.3) is 12.3 Å². The second-order valence-corrected chi connectivity index (χ2v) is 9.59. The zero-order valence-electron chi connectivity index (χ0n) is 19.9. The van der Waals surface area contributed by atoms with Crippen molar-refractivity contribution in [2.24, 2.45) is 0 Å². The van der Waals surface area contributed by atoms with Crippen LogP contribution in [0.2, 0.25) is 5.02 Å². The predicted molar refractivity (Wildman–Crippen MR) is 135 cm³/mol. The number of hydrogen-bond donors (Lipinski definition) is 1. The molecule has 1 aliphatic heterocycles. The molecule has 0 saturated carbocycles. The van der Waals surface area contributed by atoms with Gasteiger partial charge in [-0.3, -0.25) is 14.5 Å². The lowest BCUT2D eigenvalue weighted by Crippen LogP contribution is -2.37. The van der Waals surface area contributed by atoms with Gasteiger partial charge < -0.3 is 10.2 Å². The van der Waals surface area contributed by atoms with Gasteiger partial charge in [-0.2, -0.15) is 5.10 Å². The number of carbonyl (C=O) groups excluding carboxylic acids is 1. The van der Waals surface area contributed by atoms with Crippen molar-refractivity contribution in [2.45, 2.75) is 31.7 Å². The van der Waals surface area contributed by atoms with Crippen molar-refractivity contribution in [1.29, 1.82) is 0 Å². The maximum Gasteiger partial charge on any atom is 0.275 e. The van der Waals surface area contributed by atoms with E-state index in [2.05, 4.69) is 31.3 Å². The van der Waals surface area contributed by atoms with E-state index < -0.39 is 29.3 Å². The van der Waals surface area contributed by atoms with Gasteiger partial charge in [0.2, 0.25) is 0 Å². The highest BCUT2D eigenvalue weighted by Crippen LogP contribution is 2.36. The van der Waals surface area contributed by atoms with Crippen molar-refractivity contribution < 1.29 is 18.0 Å². The molecule has 194 valence electrons. The molecule has 0 bridgehead atoms. The summed E-state index contributed by atoms with van der Waals surface area (Å²) in [6, 6.07) is 6.20. The van der Waals surface area contributed by atoms with E-state index in [1.54, 1.807) is 10.9 Å². The van der Waals surface area contributed by atoms with Crippen molar-refractivity contribution in [3.05, 3.63) is 82.4 Å². The van der Waals surface area contributed by atoms with Gasteiger partial charge in [0.1, 0.15) is 11.5 Å². The minimum absolute atomic E-state index is 0.00437. The SMILES string of the molecule is O=C(Nc1cnn(C2CCc3nc(N4CCC4)ccc32)c1)c1cncc(-c2c(C(F)F)ccc(Cl)c2F)n1. The molecule has 38 heavy (non-hydrogen) atoms. The van der Waals surface area contributed by atoms with Crippen molar-refractivity contribution >= 4 is 29.0 Å². The third-order valence-corrected chi connectivity index (χ3v) is 7.14. The first-order valence-corrected chi connectivity index (χ1v) is 12.5. The van der Waals surface area contributed by atoms with E-state index in [-0.39, 0.29) is 22.5 Å². The molecule has 2 aliphatic rings. The molecule has 1 N–H and O–H groups in total. The number of hydrogen-bond acceptors (Lipinski definition) is 6. The predicted octanol–water partition coefficient (Wildman–Crippen LogP) is 5.46. The number of pyridine rings is 1. The number of carbonyl (C=O) groups is 1. The Bertz CT molecular complexity index is 1540. The first-order valence-electron chi connectivity index (χ1n) is 12.1. The van der Waals surface area contributed by atoms with Crippen molar-refractivity contribution in [3.8, 4) is 11.3 Å². The molecule has 0 radical (unpaired) electrons. The Labute approximate surface area is 220 Å². The largest absolute Gasteiger partial charge is 0.356 e. The fourth-order valence-electron chi connectivity index (χ4n) is 4.80. The number of anilines is 2. The van der Waals surface area contributed by atoms with Gasteiger partial charge in [-0.25, -0.2) is 23.1 Å². The second kappa shape index (κ2) is 9.71. The molecule has 1 atom stereocenters. The van der Waals surface area contributed by atoms with Crippen molar-refractivity contribution in [2.75, 3.05) is 23.3 Å². The van der Waals surface area contributed by atoms with E-state index >= 15 is 0 Å². The molecule has 1 unspecified atom stereocenters. The standard InChI is InChI=1S/C26H21ClF3N7O/c27-17-4-2-16(25(29)30)23(24(17)28)19-11-31-12-20(34-19)26(38)33-14-10-32-37(13-14)21-6-5-18-15(21)3-7-22(35-18)36-8-1-9-36/h2-4,7,10-13,21,25H,1,5-6,8-9H2,(H,33,38). The van der Waals surface area contributed by atoms with Crippen LogP contribution in [0.25, 0.3) is 11.3 Å². The third kappa shape index (κ3) is 4.36. The minimum Gasteiger partial charge on any atom is -0.356 e. The smallest absolute Gasteiger partial charge is 0.275 e. The molecular formula is C26H21ClF3N7O. The van der Waals surface area contributed by atoms with Crippen LogP contribution in [0.3, 0.4) is 0 Å². The number of nitrogens with one attached hydrogen (secondary N) is 1. The molecule has 1 aromatic carbocycles. The third-order valence-electron chi connectivity index (χ3n) is 6.85. The molecule has 0 spiro atoms. The van der Waals surface area contributed by atoms with E-state index in [0.29, 0.717) is 5.69 Å². The van der Waals surface area contributed by atoms with Crippen LogP contribution in [0, 0.1) is 5.82 Å². The molecule has 6 rings (SSSR count). The van der Waals surface area contributed by atoms with Gasteiger partial charge in [0, 0.05) is 36.1 Å². The molecule has 1 fully saturated rings. The highest BCUT2D eigenvalue weighted by molar-refractivity contribution is 6.31. The lowest BCUT2D eigenvalue weighted by Gasteiger charge is -2.32. The normalized spacial score (nSPS) is 16.4. The number of halogens is 4. The zero-order valence-corrected chi connectivity index (χ0v) is 20.7. The molecule has 1 saturated heterocycles. The average molecular weight is 540 g/mol. The molecule has 4 aromatic rings. The van der Waals surface area contributed by atoms with Gasteiger partial charge in [0.15, 0.2) is 5.82 Å². The number of nitrogens with zero attached hydrogens (tertiary/aromatic N) is 6. The second-order valence-electron chi connectivity index (χ2n) is 9.18. The fraction of sp³-hybridized carbons (Fsp3) is 0.269. The van der Waals surface area contributed by atoms with Crippen LogP contribution in [-0.2, 0) is 6.42 Å². The van der Waals surface area contributed by atoms with E-state index in [4.69, 9.17) is 16.6 Å². The van der Waals surface area contributed by atoms with Crippen molar-refractivity contribution in [1.82, 2.24) is 24.7 Å². The summed E-state index contributed by atoms with van der Waals surface area (Å²) in [5.74, 6) is -0.695. The maximum absolute atomic E-state index is 14.7. The molecule has 8 nitrogen and oxygen atoms in total. The number of aromatic nitrogens is 5. The first-order chi connectivity index (χ1) is 18.4. The number of fused-ring (bicyclic) bond motifs is 1. The Morgan fingerprint density at radius 3 is 2.71 bits per heavy atom. The molecule has 12 heteroatoms. The Kier molecular flexibility index (Phi) is 6.22. The zero-order chi connectivity index (χ0) is 26.4. The fourth-order valence-corrected chi connectivity index (χ4v) is 4.96. The minimum atomic E-state index is -2.97. The van der Waals surface area contributed by atoms with Crippen LogP contribution in [0.15, 0.2) is 49.1 Å². The number of aryl methyl sites for hydroxylation is 1. The number of alkyl halides is 2. The van der Waals surface area contributed by atoms with Crippen LogP contribution in [0.1, 0.15) is 52.6 Å². The van der Waals surface area contributed by atoms with E-state index in [0.717, 1.165) is 61.3 Å². The van der Waals surface area contributed by atoms with E-state index in [9.17, 15) is 18.0 Å². The van der Waals surface area contributed by atoms with Crippen LogP contribution >= 0.6 is 11.6 Å². The van der Waals surface area contributed by atoms with Crippen LogP contribution in [-0.4, -0.2) is 43.7 Å². The summed E-state index contributed by atoms with van der Waals surface area (Å²) in [6.07, 6.45) is 5.40. The lowest BCUT2D eigenvalue weighted by molar-refractivity contribution is 0.102. The van der Waals surface area contributed by atoms with Crippen molar-refractivity contribution in [3.63, 3.8) is 0 Å². The summed E-state index contributed by atoms with van der Waals surface area (Å²) in [7, 11) is 0. The topological polar surface area (TPSA) is 88.8 Å². The average Bonchev–Trinajstić information content (AvgIpc) is 3.51.